The van der Waals surface area contributed by atoms with Crippen LogP contribution in [0.1, 0.15) is 19.4 Å². The molecule has 0 spiro atoms. The lowest BCUT2D eigenvalue weighted by atomic mass is 10.1. The number of aliphatic imine (C=N–C) groups is 1. The van der Waals surface area contributed by atoms with Gasteiger partial charge in [0.15, 0.2) is 6.54 Å². The van der Waals surface area contributed by atoms with Gasteiger partial charge in [-0.1, -0.05) is 44.2 Å². The summed E-state index contributed by atoms with van der Waals surface area (Å²) in [5.74, 6) is 1.69. The van der Waals surface area contributed by atoms with Crippen LogP contribution in [0.4, 0.5) is 0 Å². The molecule has 1 aliphatic rings. The minimum atomic E-state index is 0.496. The van der Waals surface area contributed by atoms with E-state index in [0.717, 1.165) is 6.54 Å². The fraction of sp³-hybridized carbons (Fsp3) is 0.385. The number of nitrogens with zero attached hydrogens (tertiary/aromatic N) is 2. The quantitative estimate of drug-likeness (QED) is 0.652. The van der Waals surface area contributed by atoms with Crippen molar-refractivity contribution >= 4 is 11.5 Å². The second-order valence-electron chi connectivity index (χ2n) is 4.29. The molecular weight excluding hydrogens is 184 g/mol. The number of benzene rings is 1. The summed E-state index contributed by atoms with van der Waals surface area (Å²) < 4.78 is 2.23. The number of hydrogen-bond acceptors (Lipinski definition) is 1. The molecule has 0 atom stereocenters. The van der Waals surface area contributed by atoms with Gasteiger partial charge in [-0.25, -0.2) is 0 Å². The van der Waals surface area contributed by atoms with Crippen LogP contribution in [0.25, 0.3) is 0 Å². The average Bonchev–Trinajstić information content (AvgIpc) is 2.62. The van der Waals surface area contributed by atoms with Crippen LogP contribution in [-0.2, 0) is 0 Å². The van der Waals surface area contributed by atoms with Gasteiger partial charge >= 0.3 is 0 Å². The molecule has 0 N–H and O–H groups in total. The number of rotatable bonds is 2. The van der Waals surface area contributed by atoms with E-state index in [9.17, 15) is 0 Å². The van der Waals surface area contributed by atoms with Crippen LogP contribution in [-0.4, -0.2) is 29.7 Å². The first kappa shape index (κ1) is 10.1. The van der Waals surface area contributed by atoms with E-state index in [1.54, 1.807) is 0 Å². The predicted molar refractivity (Wildman–Crippen MR) is 63.9 cm³/mol. The molecule has 0 aliphatic carbocycles. The van der Waals surface area contributed by atoms with Gasteiger partial charge in [-0.05, 0) is 4.99 Å². The first-order chi connectivity index (χ1) is 7.18. The summed E-state index contributed by atoms with van der Waals surface area (Å²) in [6.07, 6.45) is 0. The summed E-state index contributed by atoms with van der Waals surface area (Å²) in [6.45, 7) is 5.30. The maximum Gasteiger partial charge on any atom is 0.296 e. The zero-order chi connectivity index (χ0) is 10.8. The minimum Gasteiger partial charge on any atom is -0.257 e. The zero-order valence-electron chi connectivity index (χ0n) is 9.57. The second-order valence-corrected chi connectivity index (χ2v) is 4.29. The molecule has 0 aromatic heterocycles. The Bertz CT molecular complexity index is 413. The van der Waals surface area contributed by atoms with E-state index in [2.05, 4.69) is 49.7 Å². The highest BCUT2D eigenvalue weighted by molar-refractivity contribution is 6.09. The molecule has 2 heteroatoms. The van der Waals surface area contributed by atoms with E-state index in [1.807, 2.05) is 6.07 Å². The van der Waals surface area contributed by atoms with Crippen LogP contribution in [0.15, 0.2) is 35.3 Å². The second kappa shape index (κ2) is 3.97. The molecule has 0 bridgehead atoms. The Hall–Kier alpha value is -1.44. The highest BCUT2D eigenvalue weighted by Crippen LogP contribution is 2.10. The summed E-state index contributed by atoms with van der Waals surface area (Å²) >= 11 is 0. The molecule has 0 radical (unpaired) electrons. The Labute approximate surface area is 91.0 Å². The fourth-order valence-electron chi connectivity index (χ4n) is 1.92. The van der Waals surface area contributed by atoms with Crippen LogP contribution < -0.4 is 0 Å². The van der Waals surface area contributed by atoms with Gasteiger partial charge in [0.25, 0.3) is 5.84 Å². The van der Waals surface area contributed by atoms with Crippen molar-refractivity contribution in [1.29, 1.82) is 0 Å². The zero-order valence-corrected chi connectivity index (χ0v) is 9.57. The largest absolute Gasteiger partial charge is 0.296 e. The maximum absolute atomic E-state index is 4.70. The number of hydrogen-bond donors (Lipinski definition) is 0. The van der Waals surface area contributed by atoms with Gasteiger partial charge in [-0.2, -0.15) is 0 Å². The van der Waals surface area contributed by atoms with Gasteiger partial charge in [0.05, 0.1) is 13.0 Å². The monoisotopic (exact) mass is 201 g/mol. The molecule has 0 saturated carbocycles. The van der Waals surface area contributed by atoms with Crippen LogP contribution in [0.5, 0.6) is 0 Å². The van der Waals surface area contributed by atoms with E-state index in [4.69, 9.17) is 4.99 Å². The lowest BCUT2D eigenvalue weighted by Crippen LogP contribution is -2.17. The minimum absolute atomic E-state index is 0.496. The standard InChI is InChI=1S/C13H17N2/c1-10(2)13-14-12(9-15(13)3)11-7-5-4-6-8-11/h4-8,10H,9H2,1-3H3/q+1. The van der Waals surface area contributed by atoms with Crippen molar-refractivity contribution < 1.29 is 4.58 Å². The molecule has 1 heterocycles. The Morgan fingerprint density at radius 2 is 1.87 bits per heavy atom. The van der Waals surface area contributed by atoms with Crippen LogP contribution in [0.2, 0.25) is 0 Å². The molecule has 1 aromatic rings. The highest BCUT2D eigenvalue weighted by atomic mass is 15.1. The van der Waals surface area contributed by atoms with Crippen LogP contribution >= 0.6 is 0 Å². The van der Waals surface area contributed by atoms with Gasteiger partial charge < -0.3 is 0 Å². The molecule has 2 rings (SSSR count). The van der Waals surface area contributed by atoms with Crippen molar-refractivity contribution in [3.05, 3.63) is 35.9 Å². The van der Waals surface area contributed by atoms with Gasteiger partial charge in [0.2, 0.25) is 5.71 Å². The van der Waals surface area contributed by atoms with Crippen molar-refractivity contribution in [2.75, 3.05) is 13.6 Å². The third-order valence-electron chi connectivity index (χ3n) is 2.65. The Kier molecular flexibility index (Phi) is 2.67. The van der Waals surface area contributed by atoms with Gasteiger partial charge in [-0.3, -0.25) is 4.58 Å². The number of likely N-dealkylation sites (N-methyl/N-ethyl adjacent to an activating group) is 1. The first-order valence-electron chi connectivity index (χ1n) is 5.39. The Balaban J connectivity index is 2.28. The van der Waals surface area contributed by atoms with E-state index < -0.39 is 0 Å². The van der Waals surface area contributed by atoms with Crippen molar-refractivity contribution in [2.45, 2.75) is 13.8 Å². The normalized spacial score (nSPS) is 16.1. The molecule has 0 amide bonds. The molecule has 78 valence electrons. The summed E-state index contributed by atoms with van der Waals surface area (Å²) in [5.41, 5.74) is 2.42. The third kappa shape index (κ3) is 1.99. The molecule has 0 saturated heterocycles. The SMILES string of the molecule is CC(C)C1=[N+](C)CC(c2ccccc2)=N1. The first-order valence-corrected chi connectivity index (χ1v) is 5.39. The van der Waals surface area contributed by atoms with Crippen molar-refractivity contribution in [3.8, 4) is 0 Å². The van der Waals surface area contributed by atoms with Crippen LogP contribution in [0, 0.1) is 5.92 Å². The van der Waals surface area contributed by atoms with Crippen LogP contribution in [0.3, 0.4) is 0 Å². The molecule has 1 aromatic carbocycles. The molecule has 0 unspecified atom stereocenters. The number of amidine groups is 1. The summed E-state index contributed by atoms with van der Waals surface area (Å²) in [5, 5.41) is 0. The summed E-state index contributed by atoms with van der Waals surface area (Å²) in [6, 6.07) is 10.4. The highest BCUT2D eigenvalue weighted by Gasteiger charge is 2.27. The van der Waals surface area contributed by atoms with E-state index in [0.29, 0.717) is 5.92 Å². The lowest BCUT2D eigenvalue weighted by Gasteiger charge is -1.96. The van der Waals surface area contributed by atoms with Gasteiger partial charge in [-0.15, -0.1) is 0 Å². The van der Waals surface area contributed by atoms with Gasteiger partial charge in [0, 0.05) is 5.56 Å². The molecule has 1 aliphatic heterocycles. The van der Waals surface area contributed by atoms with Crippen molar-refractivity contribution in [3.63, 3.8) is 0 Å². The molecule has 2 nitrogen and oxygen atoms in total. The summed E-state index contributed by atoms with van der Waals surface area (Å²) in [4.78, 5) is 4.70. The van der Waals surface area contributed by atoms with E-state index in [1.165, 1.54) is 17.1 Å². The van der Waals surface area contributed by atoms with E-state index >= 15 is 0 Å². The predicted octanol–water partition coefficient (Wildman–Crippen LogP) is 2.19. The van der Waals surface area contributed by atoms with Crippen molar-refractivity contribution in [2.24, 2.45) is 10.9 Å². The third-order valence-corrected chi connectivity index (χ3v) is 2.65. The fourth-order valence-corrected chi connectivity index (χ4v) is 1.92. The summed E-state index contributed by atoms with van der Waals surface area (Å²) in [7, 11) is 2.11. The molecular formula is C13H17N2+. The van der Waals surface area contributed by atoms with Crippen molar-refractivity contribution in [1.82, 2.24) is 0 Å². The lowest BCUT2D eigenvalue weighted by molar-refractivity contribution is -0.480. The molecule has 0 fully saturated rings. The molecule has 15 heavy (non-hydrogen) atoms. The topological polar surface area (TPSA) is 15.4 Å². The Morgan fingerprint density at radius 1 is 1.20 bits per heavy atom. The van der Waals surface area contributed by atoms with Gasteiger partial charge in [0.1, 0.15) is 0 Å². The maximum atomic E-state index is 4.70. The van der Waals surface area contributed by atoms with E-state index in [-0.39, 0.29) is 0 Å². The average molecular weight is 201 g/mol. The Morgan fingerprint density at radius 3 is 2.40 bits per heavy atom. The smallest absolute Gasteiger partial charge is 0.257 e.